The van der Waals surface area contributed by atoms with Crippen molar-refractivity contribution in [2.24, 2.45) is 0 Å². The fraction of sp³-hybridized carbons (Fsp3) is 0.692. The number of hydrogen-bond acceptors (Lipinski definition) is 5. The molecule has 0 aromatic carbocycles. The average molecular weight is 264 g/mol. The predicted octanol–water partition coefficient (Wildman–Crippen LogP) is 2.14. The van der Waals surface area contributed by atoms with Gasteiger partial charge in [-0.25, -0.2) is 4.98 Å². The third-order valence-corrected chi connectivity index (χ3v) is 5.25. The van der Waals surface area contributed by atoms with Crippen LogP contribution in [0.3, 0.4) is 0 Å². The first kappa shape index (κ1) is 12.1. The number of aryl methyl sites for hydroxylation is 1. The Morgan fingerprint density at radius 3 is 2.61 bits per heavy atom. The van der Waals surface area contributed by atoms with Gasteiger partial charge < -0.3 is 9.47 Å². The minimum atomic E-state index is -0.425. The van der Waals surface area contributed by atoms with Crippen molar-refractivity contribution in [1.29, 1.82) is 5.26 Å². The molecule has 96 valence electrons. The molecule has 0 N–H and O–H groups in total. The Kier molecular flexibility index (Phi) is 3.10. The maximum Gasteiger partial charge on any atom is 0.140 e. The van der Waals surface area contributed by atoms with E-state index in [1.54, 1.807) is 11.3 Å². The van der Waals surface area contributed by atoms with E-state index in [2.05, 4.69) is 11.1 Å². The molecular weight excluding hydrogens is 248 g/mol. The molecule has 0 amide bonds. The summed E-state index contributed by atoms with van der Waals surface area (Å²) in [6, 6.07) is 2.41. The van der Waals surface area contributed by atoms with Crippen molar-refractivity contribution in [3.63, 3.8) is 0 Å². The zero-order valence-electron chi connectivity index (χ0n) is 10.4. The highest BCUT2D eigenvalue weighted by molar-refractivity contribution is 7.12. The van der Waals surface area contributed by atoms with Gasteiger partial charge in [0.2, 0.25) is 0 Å². The molecule has 0 aliphatic carbocycles. The van der Waals surface area contributed by atoms with Gasteiger partial charge in [-0.05, 0) is 19.8 Å². The number of thiazole rings is 1. The maximum atomic E-state index is 9.36. The highest BCUT2D eigenvalue weighted by atomic mass is 32.1. The number of aromatic nitrogens is 1. The van der Waals surface area contributed by atoms with Crippen LogP contribution in [0, 0.1) is 18.3 Å². The van der Waals surface area contributed by atoms with E-state index in [1.807, 2.05) is 6.92 Å². The molecule has 2 saturated heterocycles. The summed E-state index contributed by atoms with van der Waals surface area (Å²) in [5.41, 5.74) is 0.580. The predicted molar refractivity (Wildman–Crippen MR) is 67.8 cm³/mol. The number of hydrogen-bond donors (Lipinski definition) is 0. The van der Waals surface area contributed by atoms with Crippen molar-refractivity contribution in [2.75, 3.05) is 26.4 Å². The molecule has 0 radical (unpaired) electrons. The molecule has 18 heavy (non-hydrogen) atoms. The van der Waals surface area contributed by atoms with E-state index in [4.69, 9.17) is 9.47 Å². The first-order valence-electron chi connectivity index (χ1n) is 6.30. The van der Waals surface area contributed by atoms with Crippen LogP contribution < -0.4 is 0 Å². The molecule has 3 heterocycles. The van der Waals surface area contributed by atoms with E-state index >= 15 is 0 Å². The van der Waals surface area contributed by atoms with Crippen molar-refractivity contribution in [3.05, 3.63) is 15.6 Å². The van der Waals surface area contributed by atoms with Crippen LogP contribution in [0.1, 0.15) is 34.3 Å². The highest BCUT2D eigenvalue weighted by Crippen LogP contribution is 2.40. The zero-order valence-corrected chi connectivity index (χ0v) is 11.3. The minimum absolute atomic E-state index is 0.425. The van der Waals surface area contributed by atoms with Gasteiger partial charge in [-0.1, -0.05) is 0 Å². The molecule has 4 nitrogen and oxygen atoms in total. The molecule has 1 aromatic rings. The van der Waals surface area contributed by atoms with Crippen LogP contribution in [-0.4, -0.2) is 31.4 Å². The van der Waals surface area contributed by atoms with Gasteiger partial charge in [0, 0.05) is 19.1 Å². The van der Waals surface area contributed by atoms with Crippen molar-refractivity contribution >= 4 is 11.3 Å². The summed E-state index contributed by atoms with van der Waals surface area (Å²) in [6.45, 7) is 4.68. The number of nitrogens with zero attached hydrogens (tertiary/aromatic N) is 2. The lowest BCUT2D eigenvalue weighted by atomic mass is 9.85. The van der Waals surface area contributed by atoms with Gasteiger partial charge in [0.05, 0.1) is 34.9 Å². The molecule has 3 rings (SSSR count). The molecule has 2 aliphatic rings. The Labute approximate surface area is 111 Å². The van der Waals surface area contributed by atoms with Gasteiger partial charge >= 0.3 is 0 Å². The Morgan fingerprint density at radius 1 is 1.33 bits per heavy atom. The van der Waals surface area contributed by atoms with Crippen LogP contribution in [0.5, 0.6) is 0 Å². The Balaban J connectivity index is 1.88. The van der Waals surface area contributed by atoms with E-state index in [0.717, 1.165) is 36.6 Å². The lowest BCUT2D eigenvalue weighted by Crippen LogP contribution is -2.45. The Morgan fingerprint density at radius 2 is 2.06 bits per heavy atom. The van der Waals surface area contributed by atoms with Crippen LogP contribution in [0.25, 0.3) is 0 Å². The largest absolute Gasteiger partial charge is 0.381 e. The van der Waals surface area contributed by atoms with E-state index in [1.165, 1.54) is 5.01 Å². The fourth-order valence-electron chi connectivity index (χ4n) is 2.53. The number of ether oxygens (including phenoxy) is 2. The lowest BCUT2D eigenvalue weighted by molar-refractivity contribution is -0.0284. The minimum Gasteiger partial charge on any atom is -0.381 e. The van der Waals surface area contributed by atoms with E-state index in [-0.39, 0.29) is 0 Å². The standard InChI is InChI=1S/C13H16N2O2S/c1-9-11(13(6-14)7-17-8-13)18-12(15-9)10-2-4-16-5-3-10/h10H,2-5,7-8H2,1H3. The third-order valence-electron chi connectivity index (χ3n) is 3.73. The van der Waals surface area contributed by atoms with E-state index in [9.17, 15) is 5.26 Å². The second-order valence-electron chi connectivity index (χ2n) is 5.04. The smallest absolute Gasteiger partial charge is 0.140 e. The second kappa shape index (κ2) is 4.61. The summed E-state index contributed by atoms with van der Waals surface area (Å²) in [4.78, 5) is 5.80. The van der Waals surface area contributed by atoms with Crippen molar-refractivity contribution < 1.29 is 9.47 Å². The van der Waals surface area contributed by atoms with E-state index < -0.39 is 5.41 Å². The summed E-state index contributed by atoms with van der Waals surface area (Å²) in [6.07, 6.45) is 2.09. The monoisotopic (exact) mass is 264 g/mol. The SMILES string of the molecule is Cc1nc(C2CCOCC2)sc1C1(C#N)COC1. The first-order chi connectivity index (χ1) is 8.75. The highest BCUT2D eigenvalue weighted by Gasteiger charge is 2.44. The van der Waals surface area contributed by atoms with Crippen molar-refractivity contribution in [2.45, 2.75) is 31.1 Å². The maximum absolute atomic E-state index is 9.36. The summed E-state index contributed by atoms with van der Waals surface area (Å²) in [5.74, 6) is 0.507. The summed E-state index contributed by atoms with van der Waals surface area (Å²) in [5, 5.41) is 10.5. The second-order valence-corrected chi connectivity index (χ2v) is 6.07. The van der Waals surface area contributed by atoms with Gasteiger partial charge in [-0.2, -0.15) is 5.26 Å². The molecule has 1 aromatic heterocycles. The molecule has 0 atom stereocenters. The molecule has 2 fully saturated rings. The number of rotatable bonds is 2. The summed E-state index contributed by atoms with van der Waals surface area (Å²) in [7, 11) is 0. The van der Waals surface area contributed by atoms with Crippen LogP contribution in [-0.2, 0) is 14.9 Å². The molecule has 0 saturated carbocycles. The van der Waals surface area contributed by atoms with Gasteiger partial charge in [-0.15, -0.1) is 11.3 Å². The number of nitriles is 1. The molecule has 0 bridgehead atoms. The topological polar surface area (TPSA) is 55.1 Å². The van der Waals surface area contributed by atoms with Gasteiger partial charge in [0.1, 0.15) is 5.41 Å². The van der Waals surface area contributed by atoms with Crippen molar-refractivity contribution in [1.82, 2.24) is 4.98 Å². The molecule has 5 heteroatoms. The van der Waals surface area contributed by atoms with Gasteiger partial charge in [-0.3, -0.25) is 0 Å². The summed E-state index contributed by atoms with van der Waals surface area (Å²) >= 11 is 1.70. The molecule has 0 spiro atoms. The van der Waals surface area contributed by atoms with Crippen molar-refractivity contribution in [3.8, 4) is 6.07 Å². The normalized spacial score (nSPS) is 23.3. The lowest BCUT2D eigenvalue weighted by Gasteiger charge is -2.34. The Bertz CT molecular complexity index is 482. The van der Waals surface area contributed by atoms with Gasteiger partial charge in [0.15, 0.2) is 0 Å². The third kappa shape index (κ3) is 1.85. The molecule has 2 aliphatic heterocycles. The molecular formula is C13H16N2O2S. The van der Waals surface area contributed by atoms with Crippen LogP contribution in [0.2, 0.25) is 0 Å². The van der Waals surface area contributed by atoms with Crippen LogP contribution in [0.15, 0.2) is 0 Å². The fourth-order valence-corrected chi connectivity index (χ4v) is 3.88. The molecule has 0 unspecified atom stereocenters. The van der Waals surface area contributed by atoms with E-state index in [0.29, 0.717) is 19.1 Å². The summed E-state index contributed by atoms with van der Waals surface area (Å²) < 4.78 is 10.6. The zero-order chi connectivity index (χ0) is 12.6. The van der Waals surface area contributed by atoms with Crippen LogP contribution >= 0.6 is 11.3 Å². The Hall–Kier alpha value is -0.960. The quantitative estimate of drug-likeness (QED) is 0.821. The van der Waals surface area contributed by atoms with Gasteiger partial charge in [0.25, 0.3) is 0 Å². The van der Waals surface area contributed by atoms with Crippen LogP contribution in [0.4, 0.5) is 0 Å². The average Bonchev–Trinajstić information content (AvgIpc) is 2.73. The first-order valence-corrected chi connectivity index (χ1v) is 7.11.